The Morgan fingerprint density at radius 1 is 0.971 bits per heavy atom. The standard InChI is InChI=1S/C24H25F4N5OS/c1-16-29-21(30-22(34)33(16)14-19-6-7-20(35-19)24(26,27)28)31-11-8-23(9-12-31)10-13-32(15-23)18-4-2-17(25)3-5-18/h2-7H,8-15H2,1H3. The van der Waals surface area contributed by atoms with E-state index in [0.29, 0.717) is 28.0 Å². The Balaban J connectivity index is 1.24. The smallest absolute Gasteiger partial charge is 0.371 e. The molecule has 0 aliphatic carbocycles. The van der Waals surface area contributed by atoms with Gasteiger partial charge in [0.1, 0.15) is 16.5 Å². The maximum atomic E-state index is 13.3. The lowest BCUT2D eigenvalue weighted by Crippen LogP contribution is -2.43. The fourth-order valence-electron chi connectivity index (χ4n) is 5.01. The molecule has 0 N–H and O–H groups in total. The van der Waals surface area contributed by atoms with Crippen LogP contribution >= 0.6 is 11.3 Å². The average Bonchev–Trinajstić information content (AvgIpc) is 3.45. The first kappa shape index (κ1) is 23.8. The van der Waals surface area contributed by atoms with Gasteiger partial charge in [-0.2, -0.15) is 23.1 Å². The van der Waals surface area contributed by atoms with Crippen molar-refractivity contribution in [2.45, 2.75) is 38.9 Å². The lowest BCUT2D eigenvalue weighted by molar-refractivity contribution is -0.134. The predicted molar refractivity (Wildman–Crippen MR) is 127 cm³/mol. The van der Waals surface area contributed by atoms with Crippen LogP contribution in [0.25, 0.3) is 0 Å². The van der Waals surface area contributed by atoms with Crippen LogP contribution in [0, 0.1) is 18.2 Å². The Bertz CT molecular complexity index is 1260. The number of nitrogens with zero attached hydrogens (tertiary/aromatic N) is 5. The van der Waals surface area contributed by atoms with Gasteiger partial charge < -0.3 is 9.80 Å². The normalized spacial score (nSPS) is 18.0. The Kier molecular flexibility index (Phi) is 6.06. The molecule has 0 bridgehead atoms. The van der Waals surface area contributed by atoms with Crippen molar-refractivity contribution in [2.24, 2.45) is 5.41 Å². The van der Waals surface area contributed by atoms with Gasteiger partial charge in [0.25, 0.3) is 0 Å². The molecule has 0 radical (unpaired) electrons. The van der Waals surface area contributed by atoms with E-state index < -0.39 is 16.7 Å². The number of alkyl halides is 3. The molecule has 2 saturated heterocycles. The number of hydrogen-bond acceptors (Lipinski definition) is 6. The summed E-state index contributed by atoms with van der Waals surface area (Å²) < 4.78 is 53.2. The van der Waals surface area contributed by atoms with Crippen molar-refractivity contribution in [3.05, 3.63) is 68.3 Å². The number of aromatic nitrogens is 3. The molecule has 0 amide bonds. The van der Waals surface area contributed by atoms with Crippen molar-refractivity contribution in [3.63, 3.8) is 0 Å². The van der Waals surface area contributed by atoms with Gasteiger partial charge in [-0.15, -0.1) is 11.3 Å². The highest BCUT2D eigenvalue weighted by atomic mass is 32.1. The van der Waals surface area contributed by atoms with Crippen LogP contribution in [-0.4, -0.2) is 40.7 Å². The van der Waals surface area contributed by atoms with E-state index >= 15 is 0 Å². The molecule has 5 rings (SSSR count). The second-order valence-corrected chi connectivity index (χ2v) is 10.5. The highest BCUT2D eigenvalue weighted by molar-refractivity contribution is 7.12. The Hall–Kier alpha value is -2.95. The van der Waals surface area contributed by atoms with Gasteiger partial charge in [-0.25, -0.2) is 9.18 Å². The van der Waals surface area contributed by atoms with Gasteiger partial charge in [-0.3, -0.25) is 4.57 Å². The average molecular weight is 508 g/mol. The van der Waals surface area contributed by atoms with Crippen LogP contribution in [-0.2, 0) is 12.7 Å². The molecule has 11 heteroatoms. The number of thiophene rings is 1. The summed E-state index contributed by atoms with van der Waals surface area (Å²) >= 11 is 0.621. The molecule has 1 spiro atoms. The van der Waals surface area contributed by atoms with Crippen LogP contribution in [0.5, 0.6) is 0 Å². The van der Waals surface area contributed by atoms with Crippen LogP contribution in [0.3, 0.4) is 0 Å². The summed E-state index contributed by atoms with van der Waals surface area (Å²) in [6, 6.07) is 9.01. The summed E-state index contributed by atoms with van der Waals surface area (Å²) in [7, 11) is 0. The van der Waals surface area contributed by atoms with Crippen molar-refractivity contribution in [1.29, 1.82) is 0 Å². The van der Waals surface area contributed by atoms with Crippen LogP contribution in [0.4, 0.5) is 29.2 Å². The van der Waals surface area contributed by atoms with E-state index in [4.69, 9.17) is 0 Å². The number of benzene rings is 1. The third-order valence-corrected chi connectivity index (χ3v) is 8.19. The van der Waals surface area contributed by atoms with Gasteiger partial charge in [0.15, 0.2) is 0 Å². The number of anilines is 2. The minimum absolute atomic E-state index is 0.00796. The molecule has 6 nitrogen and oxygen atoms in total. The van der Waals surface area contributed by atoms with E-state index in [2.05, 4.69) is 14.9 Å². The van der Waals surface area contributed by atoms with Gasteiger partial charge in [0, 0.05) is 36.7 Å². The molecule has 2 aliphatic rings. The quantitative estimate of drug-likeness (QED) is 0.479. The number of hydrogen-bond donors (Lipinski definition) is 0. The second kappa shape index (κ2) is 8.92. The first-order chi connectivity index (χ1) is 16.6. The zero-order valence-corrected chi connectivity index (χ0v) is 20.0. The Labute approximate surface area is 203 Å². The monoisotopic (exact) mass is 507 g/mol. The summed E-state index contributed by atoms with van der Waals surface area (Å²) in [6.45, 7) is 4.96. The lowest BCUT2D eigenvalue weighted by Gasteiger charge is -2.39. The third-order valence-electron chi connectivity index (χ3n) is 7.07. The fourth-order valence-corrected chi connectivity index (χ4v) is 5.87. The summed E-state index contributed by atoms with van der Waals surface area (Å²) in [5, 5.41) is 0. The van der Waals surface area contributed by atoms with Crippen molar-refractivity contribution in [3.8, 4) is 0 Å². The molecule has 2 fully saturated rings. The molecule has 0 unspecified atom stereocenters. The zero-order chi connectivity index (χ0) is 24.8. The number of aryl methyl sites for hydroxylation is 1. The van der Waals surface area contributed by atoms with Crippen LogP contribution < -0.4 is 15.5 Å². The maximum absolute atomic E-state index is 13.3. The Morgan fingerprint density at radius 3 is 2.23 bits per heavy atom. The number of piperidine rings is 1. The summed E-state index contributed by atoms with van der Waals surface area (Å²) in [6.07, 6.45) is -1.47. The lowest BCUT2D eigenvalue weighted by atomic mass is 9.78. The van der Waals surface area contributed by atoms with Gasteiger partial charge in [-0.1, -0.05) is 0 Å². The molecule has 2 aromatic heterocycles. The van der Waals surface area contributed by atoms with E-state index in [1.54, 1.807) is 6.92 Å². The van der Waals surface area contributed by atoms with Crippen molar-refractivity contribution in [2.75, 3.05) is 36.0 Å². The van der Waals surface area contributed by atoms with Crippen molar-refractivity contribution in [1.82, 2.24) is 14.5 Å². The predicted octanol–water partition coefficient (Wildman–Crippen LogP) is 4.71. The van der Waals surface area contributed by atoms with Crippen LogP contribution in [0.1, 0.15) is 34.8 Å². The first-order valence-corrected chi connectivity index (χ1v) is 12.3. The largest absolute Gasteiger partial charge is 0.425 e. The maximum Gasteiger partial charge on any atom is 0.425 e. The molecule has 0 saturated carbocycles. The van der Waals surface area contributed by atoms with Crippen LogP contribution in [0.15, 0.2) is 41.2 Å². The molecule has 0 atom stereocenters. The van der Waals surface area contributed by atoms with E-state index in [-0.39, 0.29) is 17.8 Å². The number of halogens is 4. The van der Waals surface area contributed by atoms with Gasteiger partial charge in [0.05, 0.1) is 6.54 Å². The molecule has 35 heavy (non-hydrogen) atoms. The minimum Gasteiger partial charge on any atom is -0.371 e. The van der Waals surface area contributed by atoms with Crippen LogP contribution in [0.2, 0.25) is 0 Å². The third kappa shape index (κ3) is 4.91. The zero-order valence-electron chi connectivity index (χ0n) is 19.2. The fraction of sp³-hybridized carbons (Fsp3) is 0.458. The Morgan fingerprint density at radius 2 is 1.63 bits per heavy atom. The van der Waals surface area contributed by atoms with Crippen molar-refractivity contribution >= 4 is 23.0 Å². The SMILES string of the molecule is Cc1nc(N2CCC3(CCN(c4ccc(F)cc4)C3)CC2)nc(=O)n1Cc1ccc(C(F)(F)F)s1. The van der Waals surface area contributed by atoms with E-state index in [1.807, 2.05) is 17.0 Å². The molecular formula is C24H25F4N5OS. The minimum atomic E-state index is -4.40. The van der Waals surface area contributed by atoms with E-state index in [9.17, 15) is 22.4 Å². The highest BCUT2D eigenvalue weighted by Gasteiger charge is 2.41. The molecule has 2 aliphatic heterocycles. The second-order valence-electron chi connectivity index (χ2n) is 9.34. The van der Waals surface area contributed by atoms with Gasteiger partial charge in [0.2, 0.25) is 5.95 Å². The van der Waals surface area contributed by atoms with Crippen molar-refractivity contribution < 1.29 is 17.6 Å². The van der Waals surface area contributed by atoms with Gasteiger partial charge in [-0.05, 0) is 68.0 Å². The highest BCUT2D eigenvalue weighted by Crippen LogP contribution is 2.42. The molecule has 3 aromatic rings. The summed E-state index contributed by atoms with van der Waals surface area (Å²) in [5.74, 6) is 0.550. The topological polar surface area (TPSA) is 54.3 Å². The summed E-state index contributed by atoms with van der Waals surface area (Å²) in [5.41, 5.74) is 0.684. The molecular weight excluding hydrogens is 482 g/mol. The summed E-state index contributed by atoms with van der Waals surface area (Å²) in [4.78, 5) is 25.4. The molecule has 1 aromatic carbocycles. The van der Waals surface area contributed by atoms with Gasteiger partial charge >= 0.3 is 11.9 Å². The molecule has 186 valence electrons. The molecule has 4 heterocycles. The first-order valence-electron chi connectivity index (χ1n) is 11.5. The van der Waals surface area contributed by atoms with E-state index in [1.165, 1.54) is 22.8 Å². The van der Waals surface area contributed by atoms with E-state index in [0.717, 1.165) is 57.2 Å². The number of rotatable bonds is 4.